The maximum absolute atomic E-state index is 4.46. The summed E-state index contributed by atoms with van der Waals surface area (Å²) < 4.78 is 2.32. The summed E-state index contributed by atoms with van der Waals surface area (Å²) in [5, 5.41) is 1.16. The zero-order valence-electron chi connectivity index (χ0n) is 9.90. The fraction of sp³-hybridized carbons (Fsp3) is 0.308. The highest BCUT2D eigenvalue weighted by atomic mass is 79.9. The van der Waals surface area contributed by atoms with Crippen molar-refractivity contribution in [3.63, 3.8) is 0 Å². The minimum atomic E-state index is 0. The molecule has 0 bridgehead atoms. The second-order valence-electron chi connectivity index (χ2n) is 4.24. The van der Waals surface area contributed by atoms with E-state index >= 15 is 0 Å². The van der Waals surface area contributed by atoms with Crippen LogP contribution in [0.15, 0.2) is 29.6 Å². The lowest BCUT2D eigenvalue weighted by Crippen LogP contribution is -3.00. The minimum Gasteiger partial charge on any atom is -1.00 e. The Morgan fingerprint density at radius 2 is 2.12 bits per heavy atom. The molecular weight excluding hydrogens is 296 g/mol. The van der Waals surface area contributed by atoms with Crippen LogP contribution in [0.1, 0.15) is 11.1 Å². The Labute approximate surface area is 116 Å². The van der Waals surface area contributed by atoms with Crippen molar-refractivity contribution in [2.45, 2.75) is 25.5 Å². The first kappa shape index (κ1) is 12.7. The Morgan fingerprint density at radius 3 is 2.88 bits per heavy atom. The molecule has 4 heteroatoms. The number of fused-ring (bicyclic) bond motifs is 1. The molecule has 2 nitrogen and oxygen atoms in total. The van der Waals surface area contributed by atoms with E-state index in [0.717, 1.165) is 17.5 Å². The Balaban J connectivity index is 0.00000108. The van der Waals surface area contributed by atoms with Gasteiger partial charge in [0.05, 0.1) is 11.9 Å². The van der Waals surface area contributed by atoms with Gasteiger partial charge in [0.15, 0.2) is 5.16 Å². The van der Waals surface area contributed by atoms with Gasteiger partial charge < -0.3 is 21.5 Å². The van der Waals surface area contributed by atoms with E-state index in [1.807, 2.05) is 18.0 Å². The molecule has 0 radical (unpaired) electrons. The SMILES string of the molecule is Cc1ccc(-c2cnc3n2CCS3)c(C)c1.[Br-]. The van der Waals surface area contributed by atoms with Gasteiger partial charge in [-0.2, -0.15) is 0 Å². The number of benzene rings is 1. The molecule has 1 aromatic heterocycles. The highest BCUT2D eigenvalue weighted by molar-refractivity contribution is 7.99. The smallest absolute Gasteiger partial charge is 0.168 e. The molecule has 0 atom stereocenters. The Kier molecular flexibility index (Phi) is 3.64. The fourth-order valence-corrected chi connectivity index (χ4v) is 3.16. The Morgan fingerprint density at radius 1 is 1.29 bits per heavy atom. The number of aryl methyl sites for hydroxylation is 2. The van der Waals surface area contributed by atoms with Gasteiger partial charge in [-0.05, 0) is 19.4 Å². The van der Waals surface area contributed by atoms with E-state index in [1.165, 1.54) is 22.4 Å². The van der Waals surface area contributed by atoms with Crippen molar-refractivity contribution in [2.24, 2.45) is 0 Å². The molecule has 2 heterocycles. The standard InChI is InChI=1S/C13H14N2S.BrH/c1-9-3-4-11(10(2)7-9)12-8-14-13-15(12)5-6-16-13;/h3-4,7-8H,5-6H2,1-2H3;1H/p-1. The zero-order chi connectivity index (χ0) is 11.1. The summed E-state index contributed by atoms with van der Waals surface area (Å²) in [7, 11) is 0. The third-order valence-corrected chi connectivity index (χ3v) is 3.99. The van der Waals surface area contributed by atoms with E-state index in [1.54, 1.807) is 0 Å². The molecule has 1 aliphatic heterocycles. The van der Waals surface area contributed by atoms with E-state index in [0.29, 0.717) is 0 Å². The molecule has 1 aromatic carbocycles. The largest absolute Gasteiger partial charge is 1.00 e. The molecule has 17 heavy (non-hydrogen) atoms. The lowest BCUT2D eigenvalue weighted by Gasteiger charge is -2.08. The fourth-order valence-electron chi connectivity index (χ4n) is 2.23. The molecule has 0 amide bonds. The van der Waals surface area contributed by atoms with Gasteiger partial charge in [0.25, 0.3) is 0 Å². The molecule has 2 aromatic rings. The van der Waals surface area contributed by atoms with Crippen LogP contribution < -0.4 is 17.0 Å². The van der Waals surface area contributed by atoms with E-state index in [9.17, 15) is 0 Å². The zero-order valence-corrected chi connectivity index (χ0v) is 12.3. The highest BCUT2D eigenvalue weighted by Crippen LogP contribution is 2.32. The van der Waals surface area contributed by atoms with Crippen LogP contribution in [0.5, 0.6) is 0 Å². The lowest BCUT2D eigenvalue weighted by atomic mass is 10.0. The van der Waals surface area contributed by atoms with Crippen molar-refractivity contribution >= 4 is 11.8 Å². The highest BCUT2D eigenvalue weighted by Gasteiger charge is 2.17. The van der Waals surface area contributed by atoms with Gasteiger partial charge in [-0.3, -0.25) is 0 Å². The number of aromatic nitrogens is 2. The van der Waals surface area contributed by atoms with Gasteiger partial charge in [0.2, 0.25) is 0 Å². The maximum Gasteiger partial charge on any atom is 0.168 e. The molecule has 0 spiro atoms. The Bertz CT molecular complexity index is 548. The summed E-state index contributed by atoms with van der Waals surface area (Å²) in [4.78, 5) is 4.46. The van der Waals surface area contributed by atoms with Crippen molar-refractivity contribution in [3.05, 3.63) is 35.5 Å². The van der Waals surface area contributed by atoms with Crippen molar-refractivity contribution in [1.82, 2.24) is 9.55 Å². The average molecular weight is 310 g/mol. The first-order valence-corrected chi connectivity index (χ1v) is 6.50. The first-order chi connectivity index (χ1) is 7.75. The summed E-state index contributed by atoms with van der Waals surface area (Å²) in [6.07, 6.45) is 2.00. The molecule has 0 saturated heterocycles. The summed E-state index contributed by atoms with van der Waals surface area (Å²) >= 11 is 1.84. The van der Waals surface area contributed by atoms with Crippen LogP contribution in [0.4, 0.5) is 0 Å². The van der Waals surface area contributed by atoms with Crippen molar-refractivity contribution in [3.8, 4) is 11.3 Å². The topological polar surface area (TPSA) is 17.8 Å². The molecule has 1 aliphatic rings. The number of thioether (sulfide) groups is 1. The molecule has 0 aliphatic carbocycles. The third-order valence-electron chi connectivity index (χ3n) is 3.02. The van der Waals surface area contributed by atoms with Crippen LogP contribution in [-0.2, 0) is 6.54 Å². The van der Waals surface area contributed by atoms with E-state index in [4.69, 9.17) is 0 Å². The summed E-state index contributed by atoms with van der Waals surface area (Å²) in [6.45, 7) is 5.39. The van der Waals surface area contributed by atoms with Gasteiger partial charge in [-0.25, -0.2) is 4.98 Å². The second-order valence-corrected chi connectivity index (χ2v) is 5.31. The monoisotopic (exact) mass is 309 g/mol. The van der Waals surface area contributed by atoms with Gasteiger partial charge in [-0.1, -0.05) is 35.5 Å². The number of rotatable bonds is 1. The molecule has 0 saturated carbocycles. The number of hydrogen-bond acceptors (Lipinski definition) is 2. The quantitative estimate of drug-likeness (QED) is 0.753. The van der Waals surface area contributed by atoms with Gasteiger partial charge in [-0.15, -0.1) is 0 Å². The molecular formula is C13H14BrN2S-. The molecule has 0 unspecified atom stereocenters. The number of halogens is 1. The number of hydrogen-bond donors (Lipinski definition) is 0. The molecule has 0 fully saturated rings. The van der Waals surface area contributed by atoms with Gasteiger partial charge >= 0.3 is 0 Å². The van der Waals surface area contributed by atoms with Crippen LogP contribution in [0.2, 0.25) is 0 Å². The van der Waals surface area contributed by atoms with Crippen LogP contribution in [0, 0.1) is 13.8 Å². The predicted octanol–water partition coefficient (Wildman–Crippen LogP) is 0.277. The molecule has 0 N–H and O–H groups in total. The van der Waals surface area contributed by atoms with Gasteiger partial charge in [0, 0.05) is 17.9 Å². The third kappa shape index (κ3) is 2.16. The van der Waals surface area contributed by atoms with Crippen molar-refractivity contribution in [2.75, 3.05) is 5.75 Å². The van der Waals surface area contributed by atoms with Crippen LogP contribution >= 0.6 is 11.8 Å². The predicted molar refractivity (Wildman–Crippen MR) is 67.9 cm³/mol. The van der Waals surface area contributed by atoms with E-state index in [2.05, 4.69) is 41.6 Å². The second kappa shape index (κ2) is 4.86. The van der Waals surface area contributed by atoms with E-state index < -0.39 is 0 Å². The maximum atomic E-state index is 4.46. The minimum absolute atomic E-state index is 0. The lowest BCUT2D eigenvalue weighted by molar-refractivity contribution is -0.00000334. The summed E-state index contributed by atoms with van der Waals surface area (Å²) in [5.41, 5.74) is 5.22. The average Bonchev–Trinajstić information content (AvgIpc) is 2.80. The molecule has 90 valence electrons. The number of nitrogens with zero attached hydrogens (tertiary/aromatic N) is 2. The molecule has 3 rings (SSSR count). The number of imidazole rings is 1. The van der Waals surface area contributed by atoms with Crippen LogP contribution in [-0.4, -0.2) is 15.3 Å². The van der Waals surface area contributed by atoms with Crippen LogP contribution in [0.3, 0.4) is 0 Å². The summed E-state index contributed by atoms with van der Waals surface area (Å²) in [5.74, 6) is 1.15. The van der Waals surface area contributed by atoms with Crippen LogP contribution in [0.25, 0.3) is 11.3 Å². The van der Waals surface area contributed by atoms with E-state index in [-0.39, 0.29) is 17.0 Å². The summed E-state index contributed by atoms with van der Waals surface area (Å²) in [6, 6.07) is 6.61. The first-order valence-electron chi connectivity index (χ1n) is 5.51. The van der Waals surface area contributed by atoms with Gasteiger partial charge in [0.1, 0.15) is 0 Å². The normalized spacial score (nSPS) is 13.3. The Hall–Kier alpha value is -0.740. The van der Waals surface area contributed by atoms with Crippen molar-refractivity contribution < 1.29 is 17.0 Å². The van der Waals surface area contributed by atoms with Crippen molar-refractivity contribution in [1.29, 1.82) is 0 Å².